The van der Waals surface area contributed by atoms with E-state index in [4.69, 9.17) is 11.2 Å². The van der Waals surface area contributed by atoms with Crippen molar-refractivity contribution < 1.29 is 13.9 Å². The van der Waals surface area contributed by atoms with Gasteiger partial charge in [0.25, 0.3) is 5.91 Å². The van der Waals surface area contributed by atoms with Gasteiger partial charge < -0.3 is 10.1 Å². The third-order valence-electron chi connectivity index (χ3n) is 3.92. The summed E-state index contributed by atoms with van der Waals surface area (Å²) in [7, 11) is 0. The Hall–Kier alpha value is -3.85. The van der Waals surface area contributed by atoms with Gasteiger partial charge in [-0.2, -0.15) is 5.10 Å². The van der Waals surface area contributed by atoms with Crippen LogP contribution in [0.1, 0.15) is 5.56 Å². The van der Waals surface area contributed by atoms with E-state index < -0.39 is 0 Å². The van der Waals surface area contributed by atoms with Crippen LogP contribution in [0.15, 0.2) is 65.8 Å². The second kappa shape index (κ2) is 9.19. The molecule has 3 aromatic rings. The Morgan fingerprint density at radius 1 is 1.14 bits per heavy atom. The summed E-state index contributed by atoms with van der Waals surface area (Å²) < 4.78 is 18.5. The van der Waals surface area contributed by atoms with Gasteiger partial charge in [-0.15, -0.1) is 6.42 Å². The molecule has 5 nitrogen and oxygen atoms in total. The SMILES string of the molecule is C#CCOc1ccc2ccccc2c1/C=N\NC(=O)CNc1ccc(F)cc1. The number of carbonyl (C=O) groups is 1. The molecule has 0 heterocycles. The molecule has 3 rings (SSSR count). The average molecular weight is 375 g/mol. The smallest absolute Gasteiger partial charge is 0.259 e. The lowest BCUT2D eigenvalue weighted by Crippen LogP contribution is -2.25. The highest BCUT2D eigenvalue weighted by atomic mass is 19.1. The summed E-state index contributed by atoms with van der Waals surface area (Å²) in [5.41, 5.74) is 3.82. The zero-order valence-corrected chi connectivity index (χ0v) is 15.0. The Morgan fingerprint density at radius 2 is 1.93 bits per heavy atom. The number of hydrogen-bond donors (Lipinski definition) is 2. The Balaban J connectivity index is 1.68. The quantitative estimate of drug-likeness (QED) is 0.377. The number of amides is 1. The van der Waals surface area contributed by atoms with E-state index >= 15 is 0 Å². The van der Waals surface area contributed by atoms with E-state index in [9.17, 15) is 9.18 Å². The second-order valence-electron chi connectivity index (χ2n) is 5.84. The fourth-order valence-corrected chi connectivity index (χ4v) is 2.61. The maximum atomic E-state index is 12.9. The highest BCUT2D eigenvalue weighted by Gasteiger charge is 2.07. The lowest BCUT2D eigenvalue weighted by atomic mass is 10.0. The molecule has 0 aliphatic rings. The van der Waals surface area contributed by atoms with Gasteiger partial charge in [-0.3, -0.25) is 4.79 Å². The van der Waals surface area contributed by atoms with Crippen LogP contribution in [0.25, 0.3) is 10.8 Å². The largest absolute Gasteiger partial charge is 0.480 e. The van der Waals surface area contributed by atoms with Gasteiger partial charge in [0.15, 0.2) is 0 Å². The predicted molar refractivity (Wildman–Crippen MR) is 109 cm³/mol. The van der Waals surface area contributed by atoms with Crippen molar-refractivity contribution in [2.24, 2.45) is 5.10 Å². The number of hydrazone groups is 1. The fraction of sp³-hybridized carbons (Fsp3) is 0.0909. The molecule has 0 radical (unpaired) electrons. The van der Waals surface area contributed by atoms with Crippen LogP contribution in [0.2, 0.25) is 0 Å². The number of halogens is 1. The Labute approximate surface area is 162 Å². The average Bonchev–Trinajstić information content (AvgIpc) is 2.72. The van der Waals surface area contributed by atoms with Crippen molar-refractivity contribution in [2.75, 3.05) is 18.5 Å². The number of nitrogens with one attached hydrogen (secondary N) is 2. The summed E-state index contributed by atoms with van der Waals surface area (Å²) >= 11 is 0. The van der Waals surface area contributed by atoms with Crippen LogP contribution in [0.3, 0.4) is 0 Å². The van der Waals surface area contributed by atoms with Crippen molar-refractivity contribution in [1.29, 1.82) is 0 Å². The number of terminal acetylenes is 1. The molecule has 3 aromatic carbocycles. The summed E-state index contributed by atoms with van der Waals surface area (Å²) in [6.45, 7) is 0.131. The molecule has 0 unspecified atom stereocenters. The van der Waals surface area contributed by atoms with Crippen LogP contribution in [-0.4, -0.2) is 25.3 Å². The van der Waals surface area contributed by atoms with Gasteiger partial charge in [-0.05, 0) is 41.1 Å². The first-order chi connectivity index (χ1) is 13.7. The number of ether oxygens (including phenoxy) is 1. The lowest BCUT2D eigenvalue weighted by Gasteiger charge is -2.10. The van der Waals surface area contributed by atoms with Crippen LogP contribution in [0, 0.1) is 18.2 Å². The molecule has 0 saturated carbocycles. The fourth-order valence-electron chi connectivity index (χ4n) is 2.61. The van der Waals surface area contributed by atoms with Crippen molar-refractivity contribution in [3.63, 3.8) is 0 Å². The minimum atomic E-state index is -0.341. The number of anilines is 1. The second-order valence-corrected chi connectivity index (χ2v) is 5.84. The molecule has 2 N–H and O–H groups in total. The summed E-state index contributed by atoms with van der Waals surface area (Å²) in [5, 5.41) is 8.87. The van der Waals surface area contributed by atoms with E-state index in [0.717, 1.165) is 16.3 Å². The summed E-state index contributed by atoms with van der Waals surface area (Å²) in [4.78, 5) is 12.0. The van der Waals surface area contributed by atoms with Crippen molar-refractivity contribution >= 4 is 28.6 Å². The highest BCUT2D eigenvalue weighted by Crippen LogP contribution is 2.26. The molecule has 0 spiro atoms. The van der Waals surface area contributed by atoms with Gasteiger partial charge in [-0.1, -0.05) is 36.3 Å². The third-order valence-corrected chi connectivity index (χ3v) is 3.92. The molecular weight excluding hydrogens is 357 g/mol. The van der Waals surface area contributed by atoms with Gasteiger partial charge in [0, 0.05) is 11.3 Å². The first kappa shape index (κ1) is 18.9. The summed E-state index contributed by atoms with van der Waals surface area (Å²) in [5.74, 6) is 2.34. The van der Waals surface area contributed by atoms with Crippen molar-refractivity contribution in [1.82, 2.24) is 5.43 Å². The highest BCUT2D eigenvalue weighted by molar-refractivity contribution is 6.02. The number of nitrogens with zero attached hydrogens (tertiary/aromatic N) is 1. The molecule has 0 aliphatic carbocycles. The van der Waals surface area contributed by atoms with E-state index in [1.54, 1.807) is 12.1 Å². The standard InChI is InChI=1S/C22H18FN3O2/c1-2-13-28-21-12-7-16-5-3-4-6-19(16)20(21)14-25-26-22(27)15-24-18-10-8-17(23)9-11-18/h1,3-12,14,24H,13,15H2,(H,26,27)/b25-14-. The number of hydrogen-bond acceptors (Lipinski definition) is 4. The van der Waals surface area contributed by atoms with Crippen LogP contribution < -0.4 is 15.5 Å². The Kier molecular flexibility index (Phi) is 6.21. The number of rotatable bonds is 7. The van der Waals surface area contributed by atoms with Crippen LogP contribution in [0.4, 0.5) is 10.1 Å². The van der Waals surface area contributed by atoms with Gasteiger partial charge in [-0.25, -0.2) is 9.82 Å². The first-order valence-electron chi connectivity index (χ1n) is 8.57. The molecule has 0 aliphatic heterocycles. The van der Waals surface area contributed by atoms with Gasteiger partial charge in [0.05, 0.1) is 12.8 Å². The predicted octanol–water partition coefficient (Wildman–Crippen LogP) is 3.55. The first-order valence-corrected chi connectivity index (χ1v) is 8.57. The molecule has 0 fully saturated rings. The van der Waals surface area contributed by atoms with Gasteiger partial charge in [0.2, 0.25) is 0 Å². The number of benzene rings is 3. The monoisotopic (exact) mass is 375 g/mol. The van der Waals surface area contributed by atoms with Crippen molar-refractivity contribution in [3.05, 3.63) is 72.0 Å². The maximum Gasteiger partial charge on any atom is 0.259 e. The molecular formula is C22H18FN3O2. The minimum absolute atomic E-state index is 0.00103. The molecule has 0 bridgehead atoms. The van der Waals surface area contributed by atoms with E-state index in [1.807, 2.05) is 36.4 Å². The van der Waals surface area contributed by atoms with E-state index in [-0.39, 0.29) is 24.9 Å². The molecule has 28 heavy (non-hydrogen) atoms. The molecule has 1 amide bonds. The molecule has 140 valence electrons. The van der Waals surface area contributed by atoms with Gasteiger partial charge in [0.1, 0.15) is 18.2 Å². The third kappa shape index (κ3) is 4.86. The van der Waals surface area contributed by atoms with Crippen LogP contribution in [-0.2, 0) is 4.79 Å². The zero-order valence-electron chi connectivity index (χ0n) is 15.0. The van der Waals surface area contributed by atoms with Crippen molar-refractivity contribution in [2.45, 2.75) is 0 Å². The Bertz CT molecular complexity index is 1040. The summed E-state index contributed by atoms with van der Waals surface area (Å²) in [6.07, 6.45) is 6.81. The maximum absolute atomic E-state index is 12.9. The number of fused-ring (bicyclic) bond motifs is 1. The zero-order chi connectivity index (χ0) is 19.8. The van der Waals surface area contributed by atoms with Crippen LogP contribution >= 0.6 is 0 Å². The molecule has 0 saturated heterocycles. The molecule has 0 aromatic heterocycles. The van der Waals surface area contributed by atoms with E-state index in [1.165, 1.54) is 18.3 Å². The number of carbonyl (C=O) groups excluding carboxylic acids is 1. The van der Waals surface area contributed by atoms with E-state index in [2.05, 4.69) is 21.8 Å². The minimum Gasteiger partial charge on any atom is -0.480 e. The van der Waals surface area contributed by atoms with Crippen molar-refractivity contribution in [3.8, 4) is 18.1 Å². The van der Waals surface area contributed by atoms with Gasteiger partial charge >= 0.3 is 0 Å². The Morgan fingerprint density at radius 3 is 2.71 bits per heavy atom. The van der Waals surface area contributed by atoms with E-state index in [0.29, 0.717) is 11.4 Å². The van der Waals surface area contributed by atoms with Crippen LogP contribution in [0.5, 0.6) is 5.75 Å². The lowest BCUT2D eigenvalue weighted by molar-refractivity contribution is -0.119. The molecule has 0 atom stereocenters. The summed E-state index contributed by atoms with van der Waals surface area (Å²) in [6, 6.07) is 17.3. The normalized spacial score (nSPS) is 10.6. The topological polar surface area (TPSA) is 62.7 Å². The molecule has 6 heteroatoms.